The van der Waals surface area contributed by atoms with Gasteiger partial charge in [-0.05, 0) is 48.3 Å². The summed E-state index contributed by atoms with van der Waals surface area (Å²) in [4.78, 5) is 0. The van der Waals surface area contributed by atoms with E-state index in [0.29, 0.717) is 12.1 Å². The molecule has 1 aromatic carbocycles. The number of hydrogen-bond donors (Lipinski definition) is 1. The van der Waals surface area contributed by atoms with Gasteiger partial charge in [0.2, 0.25) is 0 Å². The van der Waals surface area contributed by atoms with E-state index in [1.807, 2.05) is 0 Å². The molecule has 3 rings (SSSR count). The second-order valence-electron chi connectivity index (χ2n) is 4.88. The maximum atomic E-state index is 5.33. The van der Waals surface area contributed by atoms with Crippen LogP contribution in [0.4, 0.5) is 0 Å². The maximum Gasteiger partial charge on any atom is 0.119 e. The summed E-state index contributed by atoms with van der Waals surface area (Å²) in [5.41, 5.74) is 2.95. The first-order valence-corrected chi connectivity index (χ1v) is 7.53. The predicted molar refractivity (Wildman–Crippen MR) is 72.9 cm³/mol. The smallest absolute Gasteiger partial charge is 0.119 e. The Hall–Kier alpha value is -0.670. The van der Waals surface area contributed by atoms with Crippen molar-refractivity contribution in [2.45, 2.75) is 31.3 Å². The van der Waals surface area contributed by atoms with Gasteiger partial charge in [0.25, 0.3) is 0 Å². The van der Waals surface area contributed by atoms with Crippen LogP contribution in [0, 0.1) is 0 Å². The highest BCUT2D eigenvalue weighted by Gasteiger charge is 2.26. The summed E-state index contributed by atoms with van der Waals surface area (Å²) in [6, 6.07) is 7.76. The highest BCUT2D eigenvalue weighted by atomic mass is 32.2. The molecule has 1 aliphatic carbocycles. The standard InChI is InChI=1S/C14H19NOS/c1-16-12-4-2-10-3-5-14(13(10)8-12)15-11-6-7-17-9-11/h2,4,8,11,14-15H,3,5-7,9H2,1H3. The minimum absolute atomic E-state index is 0.545. The van der Waals surface area contributed by atoms with Crippen molar-refractivity contribution in [1.82, 2.24) is 5.32 Å². The minimum atomic E-state index is 0.545. The lowest BCUT2D eigenvalue weighted by atomic mass is 10.1. The van der Waals surface area contributed by atoms with Crippen molar-refractivity contribution < 1.29 is 4.74 Å². The summed E-state index contributed by atoms with van der Waals surface area (Å²) in [6.45, 7) is 0. The van der Waals surface area contributed by atoms with Crippen LogP contribution in [0.15, 0.2) is 18.2 Å². The minimum Gasteiger partial charge on any atom is -0.497 e. The lowest BCUT2D eigenvalue weighted by molar-refractivity contribution is 0.412. The molecule has 0 aromatic heterocycles. The number of benzene rings is 1. The van der Waals surface area contributed by atoms with Gasteiger partial charge in [0.1, 0.15) is 5.75 Å². The molecular weight excluding hydrogens is 230 g/mol. The molecule has 2 atom stereocenters. The van der Waals surface area contributed by atoms with Gasteiger partial charge in [-0.1, -0.05) is 6.07 Å². The summed E-state index contributed by atoms with van der Waals surface area (Å²) in [5, 5.41) is 3.81. The van der Waals surface area contributed by atoms with Crippen molar-refractivity contribution in [2.75, 3.05) is 18.6 Å². The quantitative estimate of drug-likeness (QED) is 0.890. The first-order valence-electron chi connectivity index (χ1n) is 6.37. The Labute approximate surface area is 107 Å². The Kier molecular flexibility index (Phi) is 3.30. The fraction of sp³-hybridized carbons (Fsp3) is 0.571. The molecule has 1 fully saturated rings. The van der Waals surface area contributed by atoms with Gasteiger partial charge in [-0.2, -0.15) is 11.8 Å². The van der Waals surface area contributed by atoms with Gasteiger partial charge in [-0.3, -0.25) is 0 Å². The molecule has 92 valence electrons. The van der Waals surface area contributed by atoms with Crippen molar-refractivity contribution in [2.24, 2.45) is 0 Å². The number of rotatable bonds is 3. The molecule has 0 saturated carbocycles. The third kappa shape index (κ3) is 2.31. The van der Waals surface area contributed by atoms with Crippen molar-refractivity contribution in [3.63, 3.8) is 0 Å². The predicted octanol–water partition coefficient (Wildman–Crippen LogP) is 2.78. The fourth-order valence-corrected chi connectivity index (χ4v) is 4.00. The van der Waals surface area contributed by atoms with E-state index in [2.05, 4.69) is 35.3 Å². The van der Waals surface area contributed by atoms with Gasteiger partial charge < -0.3 is 10.1 Å². The van der Waals surface area contributed by atoms with Crippen LogP contribution < -0.4 is 10.1 Å². The van der Waals surface area contributed by atoms with E-state index in [-0.39, 0.29) is 0 Å². The van der Waals surface area contributed by atoms with Crippen molar-refractivity contribution in [1.29, 1.82) is 0 Å². The van der Waals surface area contributed by atoms with Gasteiger partial charge in [0.15, 0.2) is 0 Å². The Balaban J connectivity index is 1.76. The summed E-state index contributed by atoms with van der Waals surface area (Å²) in [5.74, 6) is 3.57. The van der Waals surface area contributed by atoms with E-state index < -0.39 is 0 Å². The zero-order valence-electron chi connectivity index (χ0n) is 10.2. The van der Waals surface area contributed by atoms with Crippen LogP contribution in [-0.4, -0.2) is 24.7 Å². The van der Waals surface area contributed by atoms with Crippen molar-refractivity contribution in [3.8, 4) is 5.75 Å². The van der Waals surface area contributed by atoms with Gasteiger partial charge in [-0.15, -0.1) is 0 Å². The molecule has 3 heteroatoms. The number of thioether (sulfide) groups is 1. The van der Waals surface area contributed by atoms with E-state index >= 15 is 0 Å². The number of aryl methyl sites for hydroxylation is 1. The topological polar surface area (TPSA) is 21.3 Å². The van der Waals surface area contributed by atoms with Gasteiger partial charge in [0.05, 0.1) is 7.11 Å². The molecule has 2 unspecified atom stereocenters. The molecule has 1 saturated heterocycles. The third-order valence-corrected chi connectivity index (χ3v) is 4.96. The fourth-order valence-electron chi connectivity index (χ4n) is 2.83. The van der Waals surface area contributed by atoms with Gasteiger partial charge in [-0.25, -0.2) is 0 Å². The first kappa shape index (κ1) is 11.4. The van der Waals surface area contributed by atoms with E-state index in [1.54, 1.807) is 7.11 Å². The average Bonchev–Trinajstić information content (AvgIpc) is 2.99. The molecular formula is C14H19NOS. The second kappa shape index (κ2) is 4.91. The SMILES string of the molecule is COc1ccc2c(c1)C(NC1CCSC1)CC2. The molecule has 1 heterocycles. The summed E-state index contributed by atoms with van der Waals surface area (Å²) in [7, 11) is 1.74. The molecule has 0 radical (unpaired) electrons. The van der Waals surface area contributed by atoms with Crippen LogP contribution in [0.2, 0.25) is 0 Å². The molecule has 2 aliphatic rings. The number of hydrogen-bond acceptors (Lipinski definition) is 3. The largest absolute Gasteiger partial charge is 0.497 e. The maximum absolute atomic E-state index is 5.33. The highest BCUT2D eigenvalue weighted by molar-refractivity contribution is 7.99. The third-order valence-electron chi connectivity index (χ3n) is 3.80. The Bertz CT molecular complexity index is 401. The van der Waals surface area contributed by atoms with E-state index in [9.17, 15) is 0 Å². The van der Waals surface area contributed by atoms with Crippen LogP contribution in [0.5, 0.6) is 5.75 Å². The average molecular weight is 249 g/mol. The molecule has 17 heavy (non-hydrogen) atoms. The monoisotopic (exact) mass is 249 g/mol. The highest BCUT2D eigenvalue weighted by Crippen LogP contribution is 2.35. The van der Waals surface area contributed by atoms with Crippen molar-refractivity contribution >= 4 is 11.8 Å². The number of ether oxygens (including phenoxy) is 1. The number of methoxy groups -OCH3 is 1. The zero-order chi connectivity index (χ0) is 11.7. The number of fused-ring (bicyclic) bond motifs is 1. The van der Waals surface area contributed by atoms with E-state index in [4.69, 9.17) is 4.74 Å². The number of nitrogens with one attached hydrogen (secondary N) is 1. The molecule has 0 bridgehead atoms. The van der Waals surface area contributed by atoms with Crippen LogP contribution >= 0.6 is 11.8 Å². The van der Waals surface area contributed by atoms with Crippen molar-refractivity contribution in [3.05, 3.63) is 29.3 Å². The van der Waals surface area contributed by atoms with Gasteiger partial charge >= 0.3 is 0 Å². The Morgan fingerprint density at radius 1 is 1.35 bits per heavy atom. The van der Waals surface area contributed by atoms with E-state index in [1.165, 1.54) is 41.9 Å². The van der Waals surface area contributed by atoms with Gasteiger partial charge in [0, 0.05) is 17.8 Å². The normalized spacial score (nSPS) is 27.1. The molecule has 2 nitrogen and oxygen atoms in total. The molecule has 0 amide bonds. The van der Waals surface area contributed by atoms with E-state index in [0.717, 1.165) is 5.75 Å². The lowest BCUT2D eigenvalue weighted by Gasteiger charge is -2.19. The summed E-state index contributed by atoms with van der Waals surface area (Å²) < 4.78 is 5.33. The molecule has 0 spiro atoms. The Morgan fingerprint density at radius 3 is 3.06 bits per heavy atom. The van der Waals surface area contributed by atoms with Crippen LogP contribution in [0.1, 0.15) is 30.0 Å². The Morgan fingerprint density at radius 2 is 2.29 bits per heavy atom. The van der Waals surface area contributed by atoms with Crippen LogP contribution in [-0.2, 0) is 6.42 Å². The second-order valence-corrected chi connectivity index (χ2v) is 6.03. The lowest BCUT2D eigenvalue weighted by Crippen LogP contribution is -2.31. The summed E-state index contributed by atoms with van der Waals surface area (Å²) >= 11 is 2.07. The zero-order valence-corrected chi connectivity index (χ0v) is 11.1. The molecule has 1 aromatic rings. The molecule has 1 aliphatic heterocycles. The first-order chi connectivity index (χ1) is 8.36. The summed E-state index contributed by atoms with van der Waals surface area (Å²) in [6.07, 6.45) is 3.76. The molecule has 1 N–H and O–H groups in total. The van der Waals surface area contributed by atoms with Crippen LogP contribution in [0.3, 0.4) is 0 Å². The van der Waals surface area contributed by atoms with Crippen LogP contribution in [0.25, 0.3) is 0 Å².